The van der Waals surface area contributed by atoms with Gasteiger partial charge in [0.15, 0.2) is 0 Å². The Hall–Kier alpha value is 0.220. The third-order valence-electron chi connectivity index (χ3n) is 3.09. The maximum atomic E-state index is 4.10. The zero-order chi connectivity index (χ0) is 9.19. The summed E-state index contributed by atoms with van der Waals surface area (Å²) in [4.78, 5) is 0. The number of halogens is 1. The zero-order valence-electron chi connectivity index (χ0n) is 8.20. The summed E-state index contributed by atoms with van der Waals surface area (Å²) < 4.78 is 0. The highest BCUT2D eigenvalue weighted by molar-refractivity contribution is 9.09. The van der Waals surface area contributed by atoms with Crippen LogP contribution in [0, 0.1) is 11.3 Å². The summed E-state index contributed by atoms with van der Waals surface area (Å²) in [6.07, 6.45) is 5.42. The fraction of sp³-hybridized carbons (Fsp3) is 0.818. The lowest BCUT2D eigenvalue weighted by atomic mass is 9.71. The van der Waals surface area contributed by atoms with Gasteiger partial charge in [0.2, 0.25) is 0 Å². The molecule has 0 amide bonds. The Bertz CT molecular complexity index is 160. The van der Waals surface area contributed by atoms with Crippen molar-refractivity contribution in [1.29, 1.82) is 0 Å². The first kappa shape index (κ1) is 10.3. The van der Waals surface area contributed by atoms with Gasteiger partial charge in [-0.3, -0.25) is 0 Å². The average Bonchev–Trinajstić information content (AvgIpc) is 2.03. The van der Waals surface area contributed by atoms with Crippen LogP contribution in [0.3, 0.4) is 0 Å². The van der Waals surface area contributed by atoms with E-state index in [0.717, 1.165) is 11.2 Å². The first-order chi connectivity index (χ1) is 5.55. The minimum atomic E-state index is 0.586. The highest BCUT2D eigenvalue weighted by atomic mass is 79.9. The fourth-order valence-electron chi connectivity index (χ4n) is 1.92. The molecule has 0 unspecified atom stereocenters. The molecule has 0 atom stereocenters. The van der Waals surface area contributed by atoms with Gasteiger partial charge in [0.05, 0.1) is 0 Å². The molecule has 70 valence electrons. The van der Waals surface area contributed by atoms with Crippen molar-refractivity contribution in [2.75, 3.05) is 5.33 Å². The maximum Gasteiger partial charge on any atom is 0.0241 e. The molecule has 0 saturated heterocycles. The Morgan fingerprint density at radius 1 is 1.42 bits per heavy atom. The quantitative estimate of drug-likeness (QED) is 0.494. The molecule has 12 heavy (non-hydrogen) atoms. The van der Waals surface area contributed by atoms with E-state index in [4.69, 9.17) is 0 Å². The van der Waals surface area contributed by atoms with E-state index in [9.17, 15) is 0 Å². The minimum absolute atomic E-state index is 0.586. The molecule has 0 nitrogen and oxygen atoms in total. The van der Waals surface area contributed by atoms with E-state index in [0.29, 0.717) is 5.41 Å². The van der Waals surface area contributed by atoms with E-state index in [1.54, 1.807) is 0 Å². The molecule has 0 bridgehead atoms. The van der Waals surface area contributed by atoms with Gasteiger partial charge in [-0.15, -0.1) is 0 Å². The van der Waals surface area contributed by atoms with Crippen LogP contribution in [0.1, 0.15) is 39.5 Å². The third-order valence-corrected chi connectivity index (χ3v) is 3.81. The Kier molecular flexibility index (Phi) is 3.39. The topological polar surface area (TPSA) is 0 Å². The van der Waals surface area contributed by atoms with E-state index in [1.165, 1.54) is 31.3 Å². The van der Waals surface area contributed by atoms with Crippen LogP contribution >= 0.6 is 15.9 Å². The lowest BCUT2D eigenvalue weighted by Gasteiger charge is -2.34. The molecule has 1 fully saturated rings. The summed E-state index contributed by atoms with van der Waals surface area (Å²) in [5.41, 5.74) is 1.98. The maximum absolute atomic E-state index is 4.10. The van der Waals surface area contributed by atoms with Gasteiger partial charge in [0.25, 0.3) is 0 Å². The number of hydrogen-bond acceptors (Lipinski definition) is 0. The van der Waals surface area contributed by atoms with Crippen molar-refractivity contribution in [3.05, 3.63) is 12.2 Å². The standard InChI is InChI=1S/C11H19Br/c1-9(8-12)10-4-6-11(2,3)7-5-10/h10H,1,4-8H2,2-3H3. The second kappa shape index (κ2) is 3.95. The van der Waals surface area contributed by atoms with Crippen LogP contribution in [0.5, 0.6) is 0 Å². The summed E-state index contributed by atoms with van der Waals surface area (Å²) in [5, 5.41) is 0.984. The van der Waals surface area contributed by atoms with Crippen LogP contribution < -0.4 is 0 Å². The van der Waals surface area contributed by atoms with Crippen LogP contribution in [0.15, 0.2) is 12.2 Å². The van der Waals surface area contributed by atoms with Gasteiger partial charge in [0.1, 0.15) is 0 Å². The molecule has 0 aromatic carbocycles. The lowest BCUT2D eigenvalue weighted by Crippen LogP contribution is -2.22. The third kappa shape index (κ3) is 2.62. The van der Waals surface area contributed by atoms with Crippen molar-refractivity contribution in [2.24, 2.45) is 11.3 Å². The Balaban J connectivity index is 2.41. The first-order valence-corrected chi connectivity index (χ1v) is 5.91. The molecule has 0 aromatic rings. The average molecular weight is 231 g/mol. The minimum Gasteiger partial charge on any atom is -0.0987 e. The Morgan fingerprint density at radius 2 is 1.92 bits per heavy atom. The van der Waals surface area contributed by atoms with Gasteiger partial charge in [-0.1, -0.05) is 41.9 Å². The smallest absolute Gasteiger partial charge is 0.0241 e. The van der Waals surface area contributed by atoms with E-state index in [2.05, 4.69) is 36.4 Å². The van der Waals surface area contributed by atoms with E-state index in [1.807, 2.05) is 0 Å². The summed E-state index contributed by atoms with van der Waals surface area (Å²) in [6.45, 7) is 8.85. The molecule has 0 radical (unpaired) electrons. The number of alkyl halides is 1. The Labute approximate surface area is 84.6 Å². The van der Waals surface area contributed by atoms with Gasteiger partial charge in [-0.2, -0.15) is 0 Å². The van der Waals surface area contributed by atoms with Gasteiger partial charge in [0, 0.05) is 5.33 Å². The van der Waals surface area contributed by atoms with Gasteiger partial charge >= 0.3 is 0 Å². The van der Waals surface area contributed by atoms with Crippen molar-refractivity contribution in [3.8, 4) is 0 Å². The van der Waals surface area contributed by atoms with Gasteiger partial charge in [-0.05, 0) is 37.0 Å². The zero-order valence-corrected chi connectivity index (χ0v) is 9.78. The predicted octanol–water partition coefficient (Wildman–Crippen LogP) is 4.15. The largest absolute Gasteiger partial charge is 0.0987 e. The van der Waals surface area contributed by atoms with Crippen molar-refractivity contribution in [3.63, 3.8) is 0 Å². The SMILES string of the molecule is C=C(CBr)C1CCC(C)(C)CC1. The number of hydrogen-bond donors (Lipinski definition) is 0. The van der Waals surface area contributed by atoms with Crippen molar-refractivity contribution >= 4 is 15.9 Å². The van der Waals surface area contributed by atoms with Crippen molar-refractivity contribution in [1.82, 2.24) is 0 Å². The van der Waals surface area contributed by atoms with Crippen LogP contribution in [0.2, 0.25) is 0 Å². The number of rotatable bonds is 2. The monoisotopic (exact) mass is 230 g/mol. The molecular weight excluding hydrogens is 212 g/mol. The molecule has 1 rings (SSSR count). The molecule has 0 spiro atoms. The molecule has 1 aliphatic carbocycles. The van der Waals surface area contributed by atoms with E-state index < -0.39 is 0 Å². The summed E-state index contributed by atoms with van der Waals surface area (Å²) in [5.74, 6) is 0.789. The van der Waals surface area contributed by atoms with Crippen LogP contribution in [-0.4, -0.2) is 5.33 Å². The van der Waals surface area contributed by atoms with E-state index in [-0.39, 0.29) is 0 Å². The molecule has 1 heteroatoms. The predicted molar refractivity (Wildman–Crippen MR) is 58.7 cm³/mol. The molecule has 0 N–H and O–H groups in total. The van der Waals surface area contributed by atoms with Crippen molar-refractivity contribution in [2.45, 2.75) is 39.5 Å². The van der Waals surface area contributed by atoms with Crippen molar-refractivity contribution < 1.29 is 0 Å². The molecule has 0 aliphatic heterocycles. The fourth-order valence-corrected chi connectivity index (χ4v) is 2.37. The van der Waals surface area contributed by atoms with E-state index >= 15 is 0 Å². The highest BCUT2D eigenvalue weighted by Gasteiger charge is 2.27. The highest BCUT2D eigenvalue weighted by Crippen LogP contribution is 2.40. The lowest BCUT2D eigenvalue weighted by molar-refractivity contribution is 0.209. The molecule has 1 saturated carbocycles. The summed E-state index contributed by atoms with van der Waals surface area (Å²) in [6, 6.07) is 0. The van der Waals surface area contributed by atoms with Crippen LogP contribution in [0.4, 0.5) is 0 Å². The molecule has 0 heterocycles. The van der Waals surface area contributed by atoms with Gasteiger partial charge in [-0.25, -0.2) is 0 Å². The van der Waals surface area contributed by atoms with Crippen LogP contribution in [-0.2, 0) is 0 Å². The summed E-state index contributed by atoms with van der Waals surface area (Å²) >= 11 is 3.48. The Morgan fingerprint density at radius 3 is 2.33 bits per heavy atom. The molecule has 0 aromatic heterocycles. The van der Waals surface area contributed by atoms with Gasteiger partial charge < -0.3 is 0 Å². The van der Waals surface area contributed by atoms with Crippen LogP contribution in [0.25, 0.3) is 0 Å². The second-order valence-electron chi connectivity index (χ2n) is 4.73. The normalized spacial score (nSPS) is 23.9. The summed E-state index contributed by atoms with van der Waals surface area (Å²) in [7, 11) is 0. The second-order valence-corrected chi connectivity index (χ2v) is 5.29. The first-order valence-electron chi connectivity index (χ1n) is 4.79. The molecule has 1 aliphatic rings. The number of allylic oxidation sites excluding steroid dienone is 1. The molecular formula is C11H19Br.